The highest BCUT2D eigenvalue weighted by molar-refractivity contribution is 7.98. The molecule has 1 aliphatic carbocycles. The summed E-state index contributed by atoms with van der Waals surface area (Å²) < 4.78 is 0. The molecule has 2 amide bonds. The molecule has 5 nitrogen and oxygen atoms in total. The summed E-state index contributed by atoms with van der Waals surface area (Å²) in [5.74, 6) is 1.00. The second-order valence-corrected chi connectivity index (χ2v) is 9.43. The number of thiazole rings is 1. The van der Waals surface area contributed by atoms with Crippen molar-refractivity contribution in [2.45, 2.75) is 37.0 Å². The smallest absolute Gasteiger partial charge is 0.251 e. The van der Waals surface area contributed by atoms with E-state index in [-0.39, 0.29) is 17.7 Å². The number of carbonyl (C=O) groups is 2. The first-order valence-electron chi connectivity index (χ1n) is 9.89. The highest BCUT2D eigenvalue weighted by Gasteiger charge is 2.29. The summed E-state index contributed by atoms with van der Waals surface area (Å²) in [5.41, 5.74) is 3.50. The quantitative estimate of drug-likeness (QED) is 0.485. The number of amides is 2. The zero-order valence-electron chi connectivity index (χ0n) is 16.7. The van der Waals surface area contributed by atoms with Crippen LogP contribution in [0, 0.1) is 12.8 Å². The maximum atomic E-state index is 12.4. The number of aryl methyl sites for hydroxylation is 1. The molecule has 1 aromatic heterocycles. The van der Waals surface area contributed by atoms with E-state index in [1.807, 2.05) is 55.5 Å². The SMILES string of the molecule is Cc1nc(CSc2ccc(C(=O)NCc3ccc(NC(=O)C4CC4)cc3)cc2)cs1. The van der Waals surface area contributed by atoms with E-state index >= 15 is 0 Å². The normalized spacial score (nSPS) is 13.1. The topological polar surface area (TPSA) is 71.1 Å². The molecule has 30 heavy (non-hydrogen) atoms. The van der Waals surface area contributed by atoms with E-state index in [1.165, 1.54) is 0 Å². The highest BCUT2D eigenvalue weighted by atomic mass is 32.2. The van der Waals surface area contributed by atoms with Crippen LogP contribution in [-0.4, -0.2) is 16.8 Å². The van der Waals surface area contributed by atoms with E-state index < -0.39 is 0 Å². The third kappa shape index (κ3) is 5.70. The summed E-state index contributed by atoms with van der Waals surface area (Å²) in [6, 6.07) is 15.2. The van der Waals surface area contributed by atoms with Crippen LogP contribution in [0.15, 0.2) is 58.8 Å². The molecule has 0 bridgehead atoms. The average molecular weight is 438 g/mol. The summed E-state index contributed by atoms with van der Waals surface area (Å²) >= 11 is 3.37. The number of nitrogens with one attached hydrogen (secondary N) is 2. The van der Waals surface area contributed by atoms with Gasteiger partial charge in [0.1, 0.15) is 0 Å². The molecule has 2 aromatic carbocycles. The molecule has 154 valence electrons. The van der Waals surface area contributed by atoms with Crippen molar-refractivity contribution in [3.05, 3.63) is 75.7 Å². The summed E-state index contributed by atoms with van der Waals surface area (Å²) in [5, 5.41) is 9.02. The van der Waals surface area contributed by atoms with Crippen LogP contribution in [-0.2, 0) is 17.1 Å². The number of hydrogen-bond acceptors (Lipinski definition) is 5. The summed E-state index contributed by atoms with van der Waals surface area (Å²) in [7, 11) is 0. The van der Waals surface area contributed by atoms with Crippen molar-refractivity contribution in [2.24, 2.45) is 5.92 Å². The van der Waals surface area contributed by atoms with Gasteiger partial charge in [0, 0.05) is 39.7 Å². The van der Waals surface area contributed by atoms with Crippen molar-refractivity contribution >= 4 is 40.6 Å². The fraction of sp³-hybridized carbons (Fsp3) is 0.261. The number of anilines is 1. The van der Waals surface area contributed by atoms with Gasteiger partial charge in [-0.3, -0.25) is 9.59 Å². The van der Waals surface area contributed by atoms with Crippen LogP contribution >= 0.6 is 23.1 Å². The van der Waals surface area contributed by atoms with Gasteiger partial charge >= 0.3 is 0 Å². The Morgan fingerprint density at radius 2 is 1.83 bits per heavy atom. The third-order valence-electron chi connectivity index (χ3n) is 4.79. The van der Waals surface area contributed by atoms with Crippen molar-refractivity contribution in [1.29, 1.82) is 0 Å². The highest BCUT2D eigenvalue weighted by Crippen LogP contribution is 2.30. The minimum atomic E-state index is -0.104. The lowest BCUT2D eigenvalue weighted by atomic mass is 10.2. The standard InChI is InChI=1S/C23H23N3O2S2/c1-15-25-20(13-29-15)14-30-21-10-6-17(7-11-21)22(27)24-12-16-2-8-19(9-3-16)26-23(28)18-4-5-18/h2-3,6-11,13,18H,4-5,12,14H2,1H3,(H,24,27)(H,26,28). The maximum absolute atomic E-state index is 12.4. The second kappa shape index (κ2) is 9.45. The lowest BCUT2D eigenvalue weighted by Gasteiger charge is -2.08. The summed E-state index contributed by atoms with van der Waals surface area (Å²) in [4.78, 5) is 29.8. The maximum Gasteiger partial charge on any atom is 0.251 e. The van der Waals surface area contributed by atoms with Crippen molar-refractivity contribution in [3.8, 4) is 0 Å². The van der Waals surface area contributed by atoms with Crippen molar-refractivity contribution in [1.82, 2.24) is 10.3 Å². The Morgan fingerprint density at radius 3 is 2.47 bits per heavy atom. The molecule has 2 N–H and O–H groups in total. The number of rotatable bonds is 8. The zero-order chi connectivity index (χ0) is 20.9. The molecule has 1 saturated carbocycles. The molecule has 0 unspecified atom stereocenters. The molecule has 0 atom stereocenters. The largest absolute Gasteiger partial charge is 0.348 e. The van der Waals surface area contributed by atoms with Gasteiger partial charge in [-0.1, -0.05) is 12.1 Å². The lowest BCUT2D eigenvalue weighted by Crippen LogP contribution is -2.22. The number of benzene rings is 2. The molecule has 0 saturated heterocycles. The van der Waals surface area contributed by atoms with Crippen molar-refractivity contribution in [3.63, 3.8) is 0 Å². The Kier molecular flexibility index (Phi) is 6.50. The van der Waals surface area contributed by atoms with E-state index in [0.29, 0.717) is 12.1 Å². The molecule has 0 aliphatic heterocycles. The van der Waals surface area contributed by atoms with Crippen LogP contribution in [0.4, 0.5) is 5.69 Å². The fourth-order valence-corrected chi connectivity index (χ4v) is 4.42. The number of carbonyl (C=O) groups excluding carboxylic acids is 2. The first kappa shape index (κ1) is 20.6. The lowest BCUT2D eigenvalue weighted by molar-refractivity contribution is -0.117. The minimum Gasteiger partial charge on any atom is -0.348 e. The van der Waals surface area contributed by atoms with Crippen LogP contribution in [0.3, 0.4) is 0 Å². The first-order chi connectivity index (χ1) is 14.6. The van der Waals surface area contributed by atoms with E-state index in [9.17, 15) is 9.59 Å². The molecule has 4 rings (SSSR count). The van der Waals surface area contributed by atoms with E-state index in [1.54, 1.807) is 23.1 Å². The zero-order valence-corrected chi connectivity index (χ0v) is 18.3. The molecular formula is C23H23N3O2S2. The molecule has 1 aliphatic rings. The number of thioether (sulfide) groups is 1. The predicted octanol–water partition coefficient (Wildman–Crippen LogP) is 5.02. The second-order valence-electron chi connectivity index (χ2n) is 7.31. The van der Waals surface area contributed by atoms with Gasteiger partial charge in [-0.2, -0.15) is 0 Å². The van der Waals surface area contributed by atoms with Crippen LogP contribution in [0.2, 0.25) is 0 Å². The number of nitrogens with zero attached hydrogens (tertiary/aromatic N) is 1. The predicted molar refractivity (Wildman–Crippen MR) is 122 cm³/mol. The van der Waals surface area contributed by atoms with Gasteiger partial charge < -0.3 is 10.6 Å². The van der Waals surface area contributed by atoms with Crippen LogP contribution in [0.25, 0.3) is 0 Å². The van der Waals surface area contributed by atoms with Crippen LogP contribution < -0.4 is 10.6 Å². The van der Waals surface area contributed by atoms with E-state index in [0.717, 1.165) is 45.4 Å². The van der Waals surface area contributed by atoms with Crippen LogP contribution in [0.5, 0.6) is 0 Å². The molecule has 7 heteroatoms. The Morgan fingerprint density at radius 1 is 1.10 bits per heavy atom. The third-order valence-corrected chi connectivity index (χ3v) is 6.66. The molecule has 0 spiro atoms. The number of hydrogen-bond donors (Lipinski definition) is 2. The molecule has 3 aromatic rings. The minimum absolute atomic E-state index is 0.0966. The van der Waals surface area contributed by atoms with Gasteiger partial charge in [0.25, 0.3) is 5.91 Å². The van der Waals surface area contributed by atoms with E-state index in [2.05, 4.69) is 21.0 Å². The van der Waals surface area contributed by atoms with Crippen LogP contribution in [0.1, 0.15) is 39.5 Å². The molecule has 1 fully saturated rings. The molecule has 1 heterocycles. The van der Waals surface area contributed by atoms with Gasteiger partial charge in [-0.25, -0.2) is 4.98 Å². The average Bonchev–Trinajstić information content (AvgIpc) is 3.54. The molecular weight excluding hydrogens is 414 g/mol. The van der Waals surface area contributed by atoms with Gasteiger partial charge in [0.05, 0.1) is 10.7 Å². The Labute approximate surface area is 184 Å². The van der Waals surface area contributed by atoms with Gasteiger partial charge in [0.15, 0.2) is 0 Å². The van der Waals surface area contributed by atoms with Crippen molar-refractivity contribution in [2.75, 3.05) is 5.32 Å². The van der Waals surface area contributed by atoms with E-state index in [4.69, 9.17) is 0 Å². The van der Waals surface area contributed by atoms with Crippen molar-refractivity contribution < 1.29 is 9.59 Å². The van der Waals surface area contributed by atoms with Gasteiger partial charge in [0.2, 0.25) is 5.91 Å². The fourth-order valence-electron chi connectivity index (χ4n) is 2.91. The summed E-state index contributed by atoms with van der Waals surface area (Å²) in [6.07, 6.45) is 1.97. The first-order valence-corrected chi connectivity index (χ1v) is 11.8. The monoisotopic (exact) mass is 437 g/mol. The Hall–Kier alpha value is -2.64. The van der Waals surface area contributed by atoms with Gasteiger partial charge in [-0.15, -0.1) is 23.1 Å². The molecule has 0 radical (unpaired) electrons. The Bertz CT molecular complexity index is 1030. The summed E-state index contributed by atoms with van der Waals surface area (Å²) in [6.45, 7) is 2.45. The van der Waals surface area contributed by atoms with Gasteiger partial charge in [-0.05, 0) is 61.7 Å². The Balaban J connectivity index is 1.24. The number of aromatic nitrogens is 1.